The van der Waals surface area contributed by atoms with Gasteiger partial charge in [0.05, 0.1) is 17.7 Å². The number of carbonyl (C=O) groups is 1. The highest BCUT2D eigenvalue weighted by Crippen LogP contribution is 2.47. The van der Waals surface area contributed by atoms with Crippen molar-refractivity contribution >= 4 is 23.1 Å². The van der Waals surface area contributed by atoms with Crippen molar-refractivity contribution in [2.45, 2.75) is 19.4 Å². The normalized spacial score (nSPS) is 17.8. The summed E-state index contributed by atoms with van der Waals surface area (Å²) in [7, 11) is 1.70. The smallest absolute Gasteiger partial charge is 0.236 e. The topological polar surface area (TPSA) is 91.8 Å². The lowest BCUT2D eigenvalue weighted by molar-refractivity contribution is -0.133. The monoisotopic (exact) mass is 254 g/mol. The number of nitrogens with two attached hydrogens (primary N) is 1. The second-order valence-electron chi connectivity index (χ2n) is 4.21. The maximum absolute atomic E-state index is 12.2. The van der Waals surface area contributed by atoms with Gasteiger partial charge in [-0.1, -0.05) is 5.16 Å². The van der Waals surface area contributed by atoms with Crippen molar-refractivity contribution < 1.29 is 10.0 Å². The van der Waals surface area contributed by atoms with Crippen LogP contribution in [0.3, 0.4) is 0 Å². The molecule has 0 unspecified atom stereocenters. The molecule has 92 valence electrons. The number of rotatable bonds is 4. The predicted molar refractivity (Wildman–Crippen MR) is 63.7 cm³/mol. The summed E-state index contributed by atoms with van der Waals surface area (Å²) in [6.07, 6.45) is 1.28. The molecular formula is C10H14N4O2S. The molecule has 1 heterocycles. The van der Waals surface area contributed by atoms with Crippen LogP contribution in [0.1, 0.15) is 18.5 Å². The molecule has 17 heavy (non-hydrogen) atoms. The van der Waals surface area contributed by atoms with Crippen molar-refractivity contribution in [2.24, 2.45) is 16.3 Å². The number of aromatic nitrogens is 1. The molecule has 1 aromatic rings. The summed E-state index contributed by atoms with van der Waals surface area (Å²) in [4.78, 5) is 17.9. The molecule has 0 aromatic carbocycles. The molecule has 0 radical (unpaired) electrons. The van der Waals surface area contributed by atoms with Crippen LogP contribution in [0.4, 0.5) is 0 Å². The van der Waals surface area contributed by atoms with Crippen molar-refractivity contribution in [1.29, 1.82) is 0 Å². The number of nitrogens with zero attached hydrogens (tertiary/aromatic N) is 3. The second kappa shape index (κ2) is 4.33. The van der Waals surface area contributed by atoms with E-state index in [9.17, 15) is 4.79 Å². The summed E-state index contributed by atoms with van der Waals surface area (Å²) in [6, 6.07) is 0. The maximum Gasteiger partial charge on any atom is 0.236 e. The Balaban J connectivity index is 2.05. The third kappa shape index (κ3) is 2.10. The van der Waals surface area contributed by atoms with Crippen LogP contribution in [0.2, 0.25) is 0 Å². The Hall–Kier alpha value is -1.63. The molecule has 1 saturated carbocycles. The minimum Gasteiger partial charge on any atom is -0.409 e. The van der Waals surface area contributed by atoms with Gasteiger partial charge < -0.3 is 15.8 Å². The highest BCUT2D eigenvalue weighted by molar-refractivity contribution is 7.07. The Morgan fingerprint density at radius 3 is 2.94 bits per heavy atom. The lowest BCUT2D eigenvalue weighted by Crippen LogP contribution is -2.41. The first kappa shape index (κ1) is 11.8. The molecule has 6 nitrogen and oxygen atoms in total. The number of oxime groups is 1. The van der Waals surface area contributed by atoms with Crippen LogP contribution in [0.15, 0.2) is 16.0 Å². The second-order valence-corrected chi connectivity index (χ2v) is 4.93. The number of amidine groups is 1. The van der Waals surface area contributed by atoms with Gasteiger partial charge in [0.1, 0.15) is 5.41 Å². The van der Waals surface area contributed by atoms with Gasteiger partial charge in [-0.05, 0) is 12.8 Å². The summed E-state index contributed by atoms with van der Waals surface area (Å²) in [5.74, 6) is -0.103. The molecule has 0 bridgehead atoms. The highest BCUT2D eigenvalue weighted by atomic mass is 32.1. The van der Waals surface area contributed by atoms with Crippen molar-refractivity contribution in [2.75, 3.05) is 7.05 Å². The van der Waals surface area contributed by atoms with Gasteiger partial charge in [0.15, 0.2) is 5.84 Å². The molecule has 7 heteroatoms. The van der Waals surface area contributed by atoms with Crippen LogP contribution < -0.4 is 5.73 Å². The quantitative estimate of drug-likeness (QED) is 0.357. The van der Waals surface area contributed by atoms with Gasteiger partial charge in [-0.15, -0.1) is 11.3 Å². The zero-order chi connectivity index (χ0) is 12.5. The number of carbonyl (C=O) groups excluding carboxylic acids is 1. The molecule has 1 fully saturated rings. The SMILES string of the molecule is CN(Cc1cscn1)C(=O)C1(C(N)=NO)CC1. The van der Waals surface area contributed by atoms with Crippen LogP contribution in [0.25, 0.3) is 0 Å². The number of hydrogen-bond donors (Lipinski definition) is 2. The Kier molecular flexibility index (Phi) is 3.01. The van der Waals surface area contributed by atoms with Crippen LogP contribution in [0, 0.1) is 5.41 Å². The molecule has 0 atom stereocenters. The number of amides is 1. The molecule has 0 saturated heterocycles. The van der Waals surface area contributed by atoms with Gasteiger partial charge >= 0.3 is 0 Å². The van der Waals surface area contributed by atoms with Gasteiger partial charge in [0.2, 0.25) is 5.91 Å². The largest absolute Gasteiger partial charge is 0.409 e. The molecule has 0 spiro atoms. The van der Waals surface area contributed by atoms with E-state index in [0.29, 0.717) is 19.4 Å². The van der Waals surface area contributed by atoms with Crippen molar-refractivity contribution in [3.63, 3.8) is 0 Å². The third-order valence-electron chi connectivity index (χ3n) is 2.99. The van der Waals surface area contributed by atoms with Crippen LogP contribution in [0.5, 0.6) is 0 Å². The molecule has 3 N–H and O–H groups in total. The fraction of sp³-hybridized carbons (Fsp3) is 0.500. The summed E-state index contributed by atoms with van der Waals surface area (Å²) in [6.45, 7) is 0.447. The summed E-state index contributed by atoms with van der Waals surface area (Å²) < 4.78 is 0. The van der Waals surface area contributed by atoms with E-state index >= 15 is 0 Å². The number of thiazole rings is 1. The van der Waals surface area contributed by atoms with E-state index < -0.39 is 5.41 Å². The van der Waals surface area contributed by atoms with Crippen LogP contribution in [-0.4, -0.2) is 33.9 Å². The average Bonchev–Trinajstić information content (AvgIpc) is 2.99. The van der Waals surface area contributed by atoms with Crippen molar-refractivity contribution in [3.05, 3.63) is 16.6 Å². The number of hydrogen-bond acceptors (Lipinski definition) is 5. The van der Waals surface area contributed by atoms with E-state index in [1.54, 1.807) is 17.5 Å². The van der Waals surface area contributed by atoms with Gasteiger partial charge in [-0.25, -0.2) is 4.98 Å². The van der Waals surface area contributed by atoms with E-state index in [2.05, 4.69) is 10.1 Å². The predicted octanol–water partition coefficient (Wildman–Crippen LogP) is 0.628. The van der Waals surface area contributed by atoms with E-state index in [0.717, 1.165) is 5.69 Å². The standard InChI is InChI=1S/C10H14N4O2S/c1-14(4-7-5-17-6-12-7)9(15)10(2-3-10)8(11)13-16/h5-6,16H,2-4H2,1H3,(H2,11,13). The molecule has 0 aliphatic heterocycles. The Morgan fingerprint density at radius 2 is 2.47 bits per heavy atom. The first-order chi connectivity index (χ1) is 8.10. The lowest BCUT2D eigenvalue weighted by Gasteiger charge is -2.21. The van der Waals surface area contributed by atoms with Gasteiger partial charge in [-0.2, -0.15) is 0 Å². The van der Waals surface area contributed by atoms with Crippen molar-refractivity contribution in [1.82, 2.24) is 9.88 Å². The maximum atomic E-state index is 12.2. The molecule has 1 aromatic heterocycles. The van der Waals surface area contributed by atoms with Crippen molar-refractivity contribution in [3.8, 4) is 0 Å². The van der Waals surface area contributed by atoms with Gasteiger partial charge in [0, 0.05) is 12.4 Å². The zero-order valence-corrected chi connectivity index (χ0v) is 10.3. The van der Waals surface area contributed by atoms with Crippen LogP contribution in [-0.2, 0) is 11.3 Å². The Morgan fingerprint density at radius 1 is 1.76 bits per heavy atom. The minimum atomic E-state index is -0.778. The first-order valence-corrected chi connectivity index (χ1v) is 6.15. The Labute approximate surface area is 103 Å². The summed E-state index contributed by atoms with van der Waals surface area (Å²) >= 11 is 1.49. The molecule has 1 aliphatic rings. The van der Waals surface area contributed by atoms with E-state index in [4.69, 9.17) is 10.9 Å². The first-order valence-electron chi connectivity index (χ1n) is 5.21. The minimum absolute atomic E-state index is 0.00706. The highest BCUT2D eigenvalue weighted by Gasteiger charge is 2.55. The summed E-state index contributed by atoms with van der Waals surface area (Å²) in [5, 5.41) is 13.5. The lowest BCUT2D eigenvalue weighted by atomic mass is 10.0. The molecule has 1 aliphatic carbocycles. The van der Waals surface area contributed by atoms with Gasteiger partial charge in [-0.3, -0.25) is 4.79 Å². The van der Waals surface area contributed by atoms with E-state index in [1.165, 1.54) is 11.3 Å². The van der Waals surface area contributed by atoms with Crippen LogP contribution >= 0.6 is 11.3 Å². The zero-order valence-electron chi connectivity index (χ0n) is 9.46. The van der Waals surface area contributed by atoms with E-state index in [1.807, 2.05) is 5.38 Å². The molecule has 2 rings (SSSR count). The van der Waals surface area contributed by atoms with Gasteiger partial charge in [0.25, 0.3) is 0 Å². The Bertz CT molecular complexity index is 439. The summed E-state index contributed by atoms with van der Waals surface area (Å²) in [5.41, 5.74) is 7.36. The molecule has 1 amide bonds. The average molecular weight is 254 g/mol. The van der Waals surface area contributed by atoms with E-state index in [-0.39, 0.29) is 11.7 Å². The molecular weight excluding hydrogens is 240 g/mol. The fourth-order valence-electron chi connectivity index (χ4n) is 1.80. The fourth-order valence-corrected chi connectivity index (χ4v) is 2.35. The third-order valence-corrected chi connectivity index (χ3v) is 3.62.